The van der Waals surface area contributed by atoms with Gasteiger partial charge in [-0.1, -0.05) is 30.9 Å². The zero-order valence-corrected chi connectivity index (χ0v) is 18.4. The molecule has 0 radical (unpaired) electrons. The summed E-state index contributed by atoms with van der Waals surface area (Å²) in [6, 6.07) is 5.16. The second-order valence-electron chi connectivity index (χ2n) is 8.68. The zero-order valence-electron chi connectivity index (χ0n) is 17.6. The molecule has 1 aromatic rings. The summed E-state index contributed by atoms with van der Waals surface area (Å²) < 4.78 is 0. The number of hydrogen-bond acceptors (Lipinski definition) is 3. The van der Waals surface area contributed by atoms with E-state index in [1.165, 1.54) is 39.0 Å². The third-order valence-corrected chi connectivity index (χ3v) is 6.45. The van der Waals surface area contributed by atoms with Gasteiger partial charge in [-0.2, -0.15) is 0 Å². The van der Waals surface area contributed by atoms with Gasteiger partial charge in [-0.15, -0.1) is 0 Å². The summed E-state index contributed by atoms with van der Waals surface area (Å²) in [6.07, 6.45) is 9.88. The van der Waals surface area contributed by atoms with Crippen LogP contribution in [-0.4, -0.2) is 23.8 Å². The maximum atomic E-state index is 12.7. The lowest BCUT2D eigenvalue weighted by Crippen LogP contribution is -2.40. The Hall–Kier alpha value is -2.08. The van der Waals surface area contributed by atoms with Crippen molar-refractivity contribution in [2.45, 2.75) is 77.2 Å². The summed E-state index contributed by atoms with van der Waals surface area (Å²) in [5, 5.41) is 9.29. The number of benzene rings is 1. The van der Waals surface area contributed by atoms with Gasteiger partial charge in [0.05, 0.1) is 11.4 Å². The molecule has 0 aromatic heterocycles. The largest absolute Gasteiger partial charge is 0.353 e. The van der Waals surface area contributed by atoms with Gasteiger partial charge < -0.3 is 16.0 Å². The quantitative estimate of drug-likeness (QED) is 0.597. The molecule has 3 N–H and O–H groups in total. The normalized spacial score (nSPS) is 22.2. The highest BCUT2D eigenvalue weighted by Crippen LogP contribution is 2.30. The molecule has 0 bridgehead atoms. The smallest absolute Gasteiger partial charge is 0.227 e. The summed E-state index contributed by atoms with van der Waals surface area (Å²) in [5.74, 6) is 0.319. The standard InChI is InChI=1S/C23H32ClN3O3/c1-15(28)25-21-14-18(24)9-12-20(21)27-23(30)17-7-10-19(11-8-17)26-22(29)13-16-5-3-2-4-6-16/h9,12,14,16-17,19H,2-8,10-11,13H2,1H3,(H,25,28)(H,26,29)(H,27,30). The fraction of sp³-hybridized carbons (Fsp3) is 0.609. The Kier molecular flexibility index (Phi) is 8.14. The molecule has 2 fully saturated rings. The van der Waals surface area contributed by atoms with Gasteiger partial charge in [0.25, 0.3) is 0 Å². The Morgan fingerprint density at radius 3 is 2.30 bits per heavy atom. The topological polar surface area (TPSA) is 87.3 Å². The van der Waals surface area contributed by atoms with Crippen LogP contribution in [0.1, 0.15) is 71.1 Å². The first-order valence-corrected chi connectivity index (χ1v) is 11.5. The molecule has 0 spiro atoms. The van der Waals surface area contributed by atoms with E-state index in [0.29, 0.717) is 28.7 Å². The van der Waals surface area contributed by atoms with Crippen LogP contribution in [0.4, 0.5) is 11.4 Å². The maximum absolute atomic E-state index is 12.7. The Balaban J connectivity index is 1.46. The summed E-state index contributed by atoms with van der Waals surface area (Å²) in [4.78, 5) is 36.5. The Morgan fingerprint density at radius 1 is 0.933 bits per heavy atom. The molecule has 1 aromatic carbocycles. The van der Waals surface area contributed by atoms with Crippen LogP contribution in [0.25, 0.3) is 0 Å². The number of carbonyl (C=O) groups excluding carboxylic acids is 3. The van der Waals surface area contributed by atoms with Crippen molar-refractivity contribution < 1.29 is 14.4 Å². The van der Waals surface area contributed by atoms with Crippen molar-refractivity contribution in [2.24, 2.45) is 11.8 Å². The summed E-state index contributed by atoms with van der Waals surface area (Å²) >= 11 is 6.01. The van der Waals surface area contributed by atoms with Gasteiger partial charge in [-0.05, 0) is 62.6 Å². The monoisotopic (exact) mass is 433 g/mol. The van der Waals surface area contributed by atoms with E-state index in [1.54, 1.807) is 18.2 Å². The molecule has 0 heterocycles. The molecule has 30 heavy (non-hydrogen) atoms. The Labute approximate surface area is 183 Å². The number of carbonyl (C=O) groups is 3. The molecule has 164 valence electrons. The Morgan fingerprint density at radius 2 is 1.63 bits per heavy atom. The van der Waals surface area contributed by atoms with Crippen molar-refractivity contribution in [3.8, 4) is 0 Å². The second kappa shape index (κ2) is 10.8. The molecule has 0 unspecified atom stereocenters. The SMILES string of the molecule is CC(=O)Nc1cc(Cl)ccc1NC(=O)C1CCC(NC(=O)CC2CCCCC2)CC1. The first-order valence-electron chi connectivity index (χ1n) is 11.1. The fourth-order valence-electron chi connectivity index (χ4n) is 4.59. The summed E-state index contributed by atoms with van der Waals surface area (Å²) in [6.45, 7) is 1.41. The molecule has 2 aliphatic carbocycles. The molecular weight excluding hydrogens is 402 g/mol. The van der Waals surface area contributed by atoms with Gasteiger partial charge in [0.2, 0.25) is 17.7 Å². The van der Waals surface area contributed by atoms with E-state index in [-0.39, 0.29) is 29.7 Å². The van der Waals surface area contributed by atoms with Gasteiger partial charge in [-0.3, -0.25) is 14.4 Å². The molecule has 3 rings (SSSR count). The first-order chi connectivity index (χ1) is 14.4. The number of anilines is 2. The van der Waals surface area contributed by atoms with E-state index in [4.69, 9.17) is 11.6 Å². The fourth-order valence-corrected chi connectivity index (χ4v) is 4.77. The van der Waals surface area contributed by atoms with Crippen LogP contribution in [0.15, 0.2) is 18.2 Å². The molecule has 3 amide bonds. The molecule has 7 heteroatoms. The molecule has 6 nitrogen and oxygen atoms in total. The predicted molar refractivity (Wildman–Crippen MR) is 119 cm³/mol. The van der Waals surface area contributed by atoms with Crippen LogP contribution < -0.4 is 16.0 Å². The van der Waals surface area contributed by atoms with E-state index < -0.39 is 0 Å². The number of amides is 3. The number of nitrogens with one attached hydrogen (secondary N) is 3. The summed E-state index contributed by atoms with van der Waals surface area (Å²) in [7, 11) is 0. The van der Waals surface area contributed by atoms with E-state index in [2.05, 4.69) is 16.0 Å². The van der Waals surface area contributed by atoms with Crippen molar-refractivity contribution in [2.75, 3.05) is 10.6 Å². The lowest BCUT2D eigenvalue weighted by atomic mass is 9.84. The average Bonchev–Trinajstić information content (AvgIpc) is 2.71. The van der Waals surface area contributed by atoms with Crippen LogP contribution in [-0.2, 0) is 14.4 Å². The van der Waals surface area contributed by atoms with E-state index >= 15 is 0 Å². The van der Waals surface area contributed by atoms with Gasteiger partial charge >= 0.3 is 0 Å². The van der Waals surface area contributed by atoms with Crippen LogP contribution in [0, 0.1) is 11.8 Å². The van der Waals surface area contributed by atoms with Crippen molar-refractivity contribution in [1.29, 1.82) is 0 Å². The van der Waals surface area contributed by atoms with Crippen LogP contribution in [0.3, 0.4) is 0 Å². The van der Waals surface area contributed by atoms with Gasteiger partial charge in [0.1, 0.15) is 0 Å². The zero-order chi connectivity index (χ0) is 21.5. The van der Waals surface area contributed by atoms with Crippen LogP contribution in [0.2, 0.25) is 5.02 Å². The van der Waals surface area contributed by atoms with Gasteiger partial charge in [0, 0.05) is 30.3 Å². The molecule has 0 atom stereocenters. The minimum absolute atomic E-state index is 0.0593. The second-order valence-corrected chi connectivity index (χ2v) is 9.12. The minimum atomic E-state index is -0.225. The van der Waals surface area contributed by atoms with E-state index in [9.17, 15) is 14.4 Å². The van der Waals surface area contributed by atoms with Crippen LogP contribution in [0.5, 0.6) is 0 Å². The highest BCUT2D eigenvalue weighted by Gasteiger charge is 2.28. The predicted octanol–water partition coefficient (Wildman–Crippen LogP) is 4.88. The van der Waals surface area contributed by atoms with Crippen molar-refractivity contribution >= 4 is 40.7 Å². The summed E-state index contributed by atoms with van der Waals surface area (Å²) in [5.41, 5.74) is 1.04. The van der Waals surface area contributed by atoms with Crippen molar-refractivity contribution in [3.63, 3.8) is 0 Å². The lowest BCUT2D eigenvalue weighted by molar-refractivity contribution is -0.123. The third-order valence-electron chi connectivity index (χ3n) is 6.21. The first kappa shape index (κ1) is 22.6. The van der Waals surface area contributed by atoms with Gasteiger partial charge in [-0.25, -0.2) is 0 Å². The van der Waals surface area contributed by atoms with Crippen molar-refractivity contribution in [1.82, 2.24) is 5.32 Å². The Bertz CT molecular complexity index is 769. The highest BCUT2D eigenvalue weighted by molar-refractivity contribution is 6.31. The molecule has 2 saturated carbocycles. The number of hydrogen-bond donors (Lipinski definition) is 3. The van der Waals surface area contributed by atoms with Crippen molar-refractivity contribution in [3.05, 3.63) is 23.2 Å². The average molecular weight is 434 g/mol. The van der Waals surface area contributed by atoms with E-state index in [1.807, 2.05) is 0 Å². The number of rotatable bonds is 6. The molecular formula is C23H32ClN3O3. The third kappa shape index (κ3) is 6.73. The molecule has 2 aliphatic rings. The van der Waals surface area contributed by atoms with E-state index in [0.717, 1.165) is 25.7 Å². The molecule has 0 aliphatic heterocycles. The molecule has 0 saturated heterocycles. The lowest BCUT2D eigenvalue weighted by Gasteiger charge is -2.29. The maximum Gasteiger partial charge on any atom is 0.227 e. The van der Waals surface area contributed by atoms with Gasteiger partial charge in [0.15, 0.2) is 0 Å². The van der Waals surface area contributed by atoms with Crippen LogP contribution >= 0.6 is 11.6 Å². The highest BCUT2D eigenvalue weighted by atomic mass is 35.5. The number of halogens is 1. The minimum Gasteiger partial charge on any atom is -0.353 e.